The van der Waals surface area contributed by atoms with E-state index in [4.69, 9.17) is 35.3 Å². The highest BCUT2D eigenvalue weighted by Crippen LogP contribution is 2.41. The van der Waals surface area contributed by atoms with Gasteiger partial charge in [0.25, 0.3) is 5.56 Å². The first-order chi connectivity index (χ1) is 22.7. The van der Waals surface area contributed by atoms with Crippen molar-refractivity contribution in [3.63, 3.8) is 0 Å². The summed E-state index contributed by atoms with van der Waals surface area (Å²) in [4.78, 5) is 32.7. The Morgan fingerprint density at radius 3 is 2.32 bits per heavy atom. The van der Waals surface area contributed by atoms with Crippen molar-refractivity contribution in [2.75, 3.05) is 26.9 Å². The Kier molecular flexibility index (Phi) is 11.1. The molecule has 12 heteroatoms. The van der Waals surface area contributed by atoms with Crippen LogP contribution in [0.1, 0.15) is 50.4 Å². The predicted molar refractivity (Wildman–Crippen MR) is 186 cm³/mol. The van der Waals surface area contributed by atoms with E-state index >= 15 is 0 Å². The zero-order valence-electron chi connectivity index (χ0n) is 26.6. The maximum atomic E-state index is 14.2. The van der Waals surface area contributed by atoms with Gasteiger partial charge in [-0.1, -0.05) is 57.1 Å². The number of carbonyl (C=O) groups is 1. The summed E-state index contributed by atoms with van der Waals surface area (Å²) >= 11 is 10.9. The van der Waals surface area contributed by atoms with Crippen LogP contribution in [-0.2, 0) is 16.1 Å². The highest BCUT2D eigenvalue weighted by molar-refractivity contribution is 9.10. The van der Waals surface area contributed by atoms with E-state index in [-0.39, 0.29) is 17.7 Å². The van der Waals surface area contributed by atoms with Crippen LogP contribution in [0.4, 0.5) is 0 Å². The lowest BCUT2D eigenvalue weighted by molar-refractivity contribution is -0.139. The number of thiazole rings is 1. The number of halogens is 2. The topological polar surface area (TPSA) is 97.6 Å². The molecule has 3 aromatic carbocycles. The Labute approximate surface area is 289 Å². The van der Waals surface area contributed by atoms with Crippen molar-refractivity contribution in [2.24, 2.45) is 4.99 Å². The van der Waals surface area contributed by atoms with Crippen LogP contribution in [0.5, 0.6) is 23.0 Å². The molecule has 1 aliphatic rings. The van der Waals surface area contributed by atoms with Crippen molar-refractivity contribution >= 4 is 50.9 Å². The number of benzene rings is 3. The number of hydrogen-bond acceptors (Lipinski definition) is 9. The maximum absolute atomic E-state index is 14.2. The van der Waals surface area contributed by atoms with Crippen molar-refractivity contribution in [1.82, 2.24) is 4.57 Å². The second-order valence-electron chi connectivity index (χ2n) is 10.3. The van der Waals surface area contributed by atoms with Gasteiger partial charge in [0, 0.05) is 9.50 Å². The summed E-state index contributed by atoms with van der Waals surface area (Å²) in [6.07, 6.45) is 1.78. The third kappa shape index (κ3) is 7.42. The molecule has 2 heterocycles. The minimum atomic E-state index is -0.839. The minimum absolute atomic E-state index is 0.169. The van der Waals surface area contributed by atoms with Crippen molar-refractivity contribution in [3.8, 4) is 23.0 Å². The minimum Gasteiger partial charge on any atom is -0.493 e. The predicted octanol–water partition coefficient (Wildman–Crippen LogP) is 6.60. The number of rotatable bonds is 12. The van der Waals surface area contributed by atoms with Crippen LogP contribution in [0.3, 0.4) is 0 Å². The fourth-order valence-electron chi connectivity index (χ4n) is 5.17. The Morgan fingerprint density at radius 1 is 0.957 bits per heavy atom. The average Bonchev–Trinajstić information content (AvgIpc) is 3.35. The molecule has 0 fully saturated rings. The number of carbonyl (C=O) groups excluding carboxylic acids is 1. The maximum Gasteiger partial charge on any atom is 0.338 e. The van der Waals surface area contributed by atoms with E-state index < -0.39 is 12.0 Å². The summed E-state index contributed by atoms with van der Waals surface area (Å²) in [5, 5.41) is 0.656. The van der Waals surface area contributed by atoms with Crippen molar-refractivity contribution in [3.05, 3.63) is 112 Å². The molecule has 0 aliphatic carbocycles. The molecule has 0 unspecified atom stereocenters. The van der Waals surface area contributed by atoms with Gasteiger partial charge in [0.15, 0.2) is 27.8 Å². The number of fused-ring (bicyclic) bond motifs is 1. The van der Waals surface area contributed by atoms with E-state index in [2.05, 4.69) is 20.9 Å². The summed E-state index contributed by atoms with van der Waals surface area (Å²) < 4.78 is 31.4. The molecule has 0 amide bonds. The number of nitrogens with zero attached hydrogens (tertiary/aromatic N) is 2. The molecule has 1 aromatic heterocycles. The smallest absolute Gasteiger partial charge is 0.338 e. The molecule has 0 saturated heterocycles. The molecule has 4 aromatic rings. The average molecular weight is 742 g/mol. The molecule has 1 aliphatic heterocycles. The van der Waals surface area contributed by atoms with Gasteiger partial charge < -0.3 is 23.7 Å². The summed E-state index contributed by atoms with van der Waals surface area (Å²) in [6.45, 7) is 8.62. The Bertz CT molecular complexity index is 2000. The number of ether oxygens (including phenoxy) is 5. The van der Waals surface area contributed by atoms with Gasteiger partial charge in [0.05, 0.1) is 48.8 Å². The molecular formula is C35H34BrClN2O7S. The van der Waals surface area contributed by atoms with Crippen LogP contribution < -0.4 is 33.8 Å². The first kappa shape index (κ1) is 34.3. The highest BCUT2D eigenvalue weighted by Gasteiger charge is 2.35. The second-order valence-corrected chi connectivity index (χ2v) is 12.6. The third-order valence-corrected chi connectivity index (χ3v) is 9.19. The van der Waals surface area contributed by atoms with Gasteiger partial charge in [0.1, 0.15) is 6.61 Å². The van der Waals surface area contributed by atoms with E-state index in [1.165, 1.54) is 15.9 Å². The van der Waals surface area contributed by atoms with Crippen LogP contribution in [-0.4, -0.2) is 37.5 Å². The van der Waals surface area contributed by atoms with Crippen molar-refractivity contribution in [1.29, 1.82) is 0 Å². The van der Waals surface area contributed by atoms with Crippen LogP contribution in [0.2, 0.25) is 5.02 Å². The largest absolute Gasteiger partial charge is 0.493 e. The van der Waals surface area contributed by atoms with Crippen molar-refractivity contribution < 1.29 is 28.5 Å². The Hall–Kier alpha value is -4.06. The summed E-state index contributed by atoms with van der Waals surface area (Å²) in [7, 11) is 1.54. The van der Waals surface area contributed by atoms with Gasteiger partial charge in [-0.15, -0.1) is 0 Å². The number of aromatic nitrogens is 1. The standard InChI is InChI=1S/C35H34BrClN2O7S/c1-6-43-28-15-22(11-14-26(28)46-19-21-9-12-23(37)13-10-21)16-30-33(40)39-32(24-17-27(42-5)29(44-7-2)18-25(24)36)31(34(41)45-8-3)20(4)38-35(39)47-30/h9-18,32H,6-8,19H2,1-5H3/b30-16+/t32-/m1/s1. The quantitative estimate of drug-likeness (QED) is 0.151. The molecule has 0 saturated carbocycles. The van der Waals surface area contributed by atoms with Gasteiger partial charge in [-0.05, 0) is 86.9 Å². The molecule has 9 nitrogen and oxygen atoms in total. The number of methoxy groups -OCH3 is 1. The van der Waals surface area contributed by atoms with E-state index in [0.717, 1.165) is 11.1 Å². The SMILES string of the molecule is CCOC(=O)C1=C(C)N=c2s/c(=C/c3ccc(OCc4ccc(Cl)cc4)c(OCC)c3)c(=O)n2[C@@H]1c1cc(OC)c(OCC)cc1Br. The van der Waals surface area contributed by atoms with E-state index in [1.807, 2.05) is 56.3 Å². The number of esters is 1. The lowest BCUT2D eigenvalue weighted by atomic mass is 9.95. The molecule has 0 spiro atoms. The molecule has 0 radical (unpaired) electrons. The zero-order valence-corrected chi connectivity index (χ0v) is 29.8. The first-order valence-electron chi connectivity index (χ1n) is 15.0. The Morgan fingerprint density at radius 2 is 1.66 bits per heavy atom. The summed E-state index contributed by atoms with van der Waals surface area (Å²) in [6, 6.07) is 15.7. The normalized spacial score (nSPS) is 14.4. The molecule has 0 N–H and O–H groups in total. The molecule has 246 valence electrons. The number of allylic oxidation sites excluding steroid dienone is 1. The lowest BCUT2D eigenvalue weighted by Crippen LogP contribution is -2.40. The van der Waals surface area contributed by atoms with Gasteiger partial charge in [-0.2, -0.15) is 0 Å². The first-order valence-corrected chi connectivity index (χ1v) is 17.0. The lowest BCUT2D eigenvalue weighted by Gasteiger charge is -2.26. The number of hydrogen-bond donors (Lipinski definition) is 0. The second kappa shape index (κ2) is 15.2. The monoisotopic (exact) mass is 740 g/mol. The van der Waals surface area contributed by atoms with Gasteiger partial charge in [-0.3, -0.25) is 9.36 Å². The van der Waals surface area contributed by atoms with E-state index in [9.17, 15) is 9.59 Å². The van der Waals surface area contributed by atoms with Crippen molar-refractivity contribution in [2.45, 2.75) is 40.3 Å². The molecule has 1 atom stereocenters. The van der Waals surface area contributed by atoms with Crippen LogP contribution in [0.25, 0.3) is 6.08 Å². The van der Waals surface area contributed by atoms with E-state index in [1.54, 1.807) is 39.2 Å². The fraction of sp³-hybridized carbons (Fsp3) is 0.286. The van der Waals surface area contributed by atoms with Crippen LogP contribution in [0, 0.1) is 0 Å². The van der Waals surface area contributed by atoms with Crippen LogP contribution >= 0.6 is 38.9 Å². The summed E-state index contributed by atoms with van der Waals surface area (Å²) in [5.41, 5.74) is 2.73. The van der Waals surface area contributed by atoms with Gasteiger partial charge in [-0.25, -0.2) is 9.79 Å². The van der Waals surface area contributed by atoms with Gasteiger partial charge >= 0.3 is 5.97 Å². The Balaban J connectivity index is 1.60. The molecule has 0 bridgehead atoms. The molecule has 47 heavy (non-hydrogen) atoms. The fourth-order valence-corrected chi connectivity index (χ4v) is 6.88. The van der Waals surface area contributed by atoms with E-state index in [0.29, 0.717) is 72.9 Å². The highest BCUT2D eigenvalue weighted by atomic mass is 79.9. The molecular weight excluding hydrogens is 708 g/mol. The summed E-state index contributed by atoms with van der Waals surface area (Å²) in [5.74, 6) is 1.56. The third-order valence-electron chi connectivity index (χ3n) is 7.27. The van der Waals surface area contributed by atoms with Gasteiger partial charge in [0.2, 0.25) is 0 Å². The van der Waals surface area contributed by atoms with Crippen LogP contribution in [0.15, 0.2) is 80.1 Å². The molecule has 5 rings (SSSR count). The zero-order chi connectivity index (χ0) is 33.7.